The number of hydrogen-bond donors (Lipinski definition) is 1. The quantitative estimate of drug-likeness (QED) is 0.924. The summed E-state index contributed by atoms with van der Waals surface area (Å²) in [4.78, 5) is 18.8. The van der Waals surface area contributed by atoms with Crippen LogP contribution in [0, 0.1) is 0 Å². The number of hydrogen-bond acceptors (Lipinski definition) is 3. The first-order chi connectivity index (χ1) is 11.2. The highest BCUT2D eigenvalue weighted by molar-refractivity contribution is 5.92. The van der Waals surface area contributed by atoms with Gasteiger partial charge in [0.2, 0.25) is 0 Å². The van der Waals surface area contributed by atoms with Crippen LogP contribution in [0.4, 0.5) is 0 Å². The predicted octanol–water partition coefficient (Wildman–Crippen LogP) is 2.86. The minimum absolute atomic E-state index is 0.0735. The SMILES string of the molecule is CN(Cc1ccccc1)[C@@H]1CCC[C@H]1NC(=O)c1ccccn1. The molecule has 4 heteroatoms. The van der Waals surface area contributed by atoms with Crippen molar-refractivity contribution in [3.8, 4) is 0 Å². The Labute approximate surface area is 137 Å². The van der Waals surface area contributed by atoms with Crippen LogP contribution in [0.1, 0.15) is 35.3 Å². The molecule has 1 N–H and O–H groups in total. The molecule has 2 atom stereocenters. The number of benzene rings is 1. The molecule has 0 radical (unpaired) electrons. The molecule has 120 valence electrons. The molecule has 1 aliphatic carbocycles. The molecule has 1 heterocycles. The molecule has 1 aliphatic rings. The van der Waals surface area contributed by atoms with Gasteiger partial charge in [-0.3, -0.25) is 14.7 Å². The lowest BCUT2D eigenvalue weighted by molar-refractivity contribution is 0.0906. The van der Waals surface area contributed by atoms with Crippen LogP contribution in [0.5, 0.6) is 0 Å². The van der Waals surface area contributed by atoms with Crippen LogP contribution in [-0.4, -0.2) is 34.9 Å². The smallest absolute Gasteiger partial charge is 0.270 e. The van der Waals surface area contributed by atoms with E-state index in [9.17, 15) is 4.79 Å². The third-order valence-electron chi connectivity index (χ3n) is 4.53. The van der Waals surface area contributed by atoms with E-state index in [4.69, 9.17) is 0 Å². The van der Waals surface area contributed by atoms with Gasteiger partial charge in [-0.15, -0.1) is 0 Å². The average Bonchev–Trinajstić information content (AvgIpc) is 3.05. The van der Waals surface area contributed by atoms with Crippen molar-refractivity contribution in [2.24, 2.45) is 0 Å². The van der Waals surface area contributed by atoms with Crippen LogP contribution in [0.2, 0.25) is 0 Å². The maximum Gasteiger partial charge on any atom is 0.270 e. The molecule has 1 fully saturated rings. The molecule has 0 spiro atoms. The van der Waals surface area contributed by atoms with Crippen LogP contribution in [-0.2, 0) is 6.54 Å². The first-order valence-electron chi connectivity index (χ1n) is 8.20. The molecular formula is C19H23N3O. The fraction of sp³-hybridized carbons (Fsp3) is 0.368. The Balaban J connectivity index is 1.62. The molecule has 0 aliphatic heterocycles. The van der Waals surface area contributed by atoms with E-state index in [0.29, 0.717) is 11.7 Å². The van der Waals surface area contributed by atoms with Gasteiger partial charge in [-0.2, -0.15) is 0 Å². The maximum atomic E-state index is 12.3. The van der Waals surface area contributed by atoms with Crippen LogP contribution >= 0.6 is 0 Å². The van der Waals surface area contributed by atoms with Gasteiger partial charge in [0.15, 0.2) is 0 Å². The fourth-order valence-corrected chi connectivity index (χ4v) is 3.36. The van der Waals surface area contributed by atoms with E-state index < -0.39 is 0 Å². The second kappa shape index (κ2) is 7.38. The number of likely N-dealkylation sites (N-methyl/N-ethyl adjacent to an activating group) is 1. The number of carbonyl (C=O) groups excluding carboxylic acids is 1. The predicted molar refractivity (Wildman–Crippen MR) is 91.0 cm³/mol. The van der Waals surface area contributed by atoms with E-state index in [-0.39, 0.29) is 11.9 Å². The number of aromatic nitrogens is 1. The summed E-state index contributed by atoms with van der Waals surface area (Å²) in [5.74, 6) is -0.0735. The number of nitrogens with zero attached hydrogens (tertiary/aromatic N) is 2. The Morgan fingerprint density at radius 3 is 2.70 bits per heavy atom. The van der Waals surface area contributed by atoms with E-state index >= 15 is 0 Å². The minimum atomic E-state index is -0.0735. The first-order valence-corrected chi connectivity index (χ1v) is 8.20. The second-order valence-corrected chi connectivity index (χ2v) is 6.19. The summed E-state index contributed by atoms with van der Waals surface area (Å²) in [5.41, 5.74) is 1.79. The second-order valence-electron chi connectivity index (χ2n) is 6.19. The molecule has 1 amide bonds. The zero-order valence-electron chi connectivity index (χ0n) is 13.5. The third-order valence-corrected chi connectivity index (χ3v) is 4.53. The largest absolute Gasteiger partial charge is 0.346 e. The molecule has 4 nitrogen and oxygen atoms in total. The zero-order valence-corrected chi connectivity index (χ0v) is 13.5. The highest BCUT2D eigenvalue weighted by Crippen LogP contribution is 2.25. The maximum absolute atomic E-state index is 12.3. The summed E-state index contributed by atoms with van der Waals surface area (Å²) < 4.78 is 0. The number of amides is 1. The summed E-state index contributed by atoms with van der Waals surface area (Å²) >= 11 is 0. The van der Waals surface area contributed by atoms with E-state index in [2.05, 4.69) is 46.5 Å². The first kappa shape index (κ1) is 15.7. The topological polar surface area (TPSA) is 45.2 Å². The summed E-state index contributed by atoms with van der Waals surface area (Å²) in [6, 6.07) is 16.5. The van der Waals surface area contributed by atoms with Gasteiger partial charge in [-0.1, -0.05) is 36.4 Å². The monoisotopic (exact) mass is 309 g/mol. The third kappa shape index (κ3) is 3.96. The van der Waals surface area contributed by atoms with Crippen molar-refractivity contribution >= 4 is 5.91 Å². The van der Waals surface area contributed by atoms with Gasteiger partial charge in [0.25, 0.3) is 5.91 Å². The summed E-state index contributed by atoms with van der Waals surface area (Å²) in [7, 11) is 2.14. The molecule has 0 unspecified atom stereocenters. The highest BCUT2D eigenvalue weighted by atomic mass is 16.1. The van der Waals surface area contributed by atoms with Gasteiger partial charge in [0, 0.05) is 24.8 Å². The van der Waals surface area contributed by atoms with E-state index in [1.165, 1.54) is 5.56 Å². The molecule has 1 saturated carbocycles. The van der Waals surface area contributed by atoms with Crippen LogP contribution in [0.15, 0.2) is 54.7 Å². The lowest BCUT2D eigenvalue weighted by Gasteiger charge is -2.30. The lowest BCUT2D eigenvalue weighted by atomic mass is 10.1. The Hall–Kier alpha value is -2.20. The molecule has 0 saturated heterocycles. The molecule has 1 aromatic heterocycles. The molecule has 1 aromatic carbocycles. The van der Waals surface area contributed by atoms with Crippen molar-refractivity contribution in [2.75, 3.05) is 7.05 Å². The zero-order chi connectivity index (χ0) is 16.1. The van der Waals surface area contributed by atoms with Gasteiger partial charge < -0.3 is 5.32 Å². The summed E-state index contributed by atoms with van der Waals surface area (Å²) in [6.07, 6.45) is 4.96. The summed E-state index contributed by atoms with van der Waals surface area (Å²) in [6.45, 7) is 0.904. The van der Waals surface area contributed by atoms with Gasteiger partial charge in [-0.05, 0) is 44.0 Å². The van der Waals surface area contributed by atoms with E-state index in [1.54, 1.807) is 12.3 Å². The number of nitrogens with one attached hydrogen (secondary N) is 1. The van der Waals surface area contributed by atoms with Crippen molar-refractivity contribution in [3.05, 3.63) is 66.0 Å². The van der Waals surface area contributed by atoms with Gasteiger partial charge >= 0.3 is 0 Å². The van der Waals surface area contributed by atoms with Crippen molar-refractivity contribution in [1.29, 1.82) is 0 Å². The van der Waals surface area contributed by atoms with Crippen LogP contribution in [0.3, 0.4) is 0 Å². The van der Waals surface area contributed by atoms with E-state index in [0.717, 1.165) is 25.8 Å². The van der Waals surface area contributed by atoms with Crippen LogP contribution in [0.25, 0.3) is 0 Å². The van der Waals surface area contributed by atoms with Crippen molar-refractivity contribution in [3.63, 3.8) is 0 Å². The van der Waals surface area contributed by atoms with Crippen molar-refractivity contribution < 1.29 is 4.79 Å². The average molecular weight is 309 g/mol. The summed E-state index contributed by atoms with van der Waals surface area (Å²) in [5, 5.41) is 3.17. The van der Waals surface area contributed by atoms with Gasteiger partial charge in [0.05, 0.1) is 0 Å². The Bertz CT molecular complexity index is 630. The van der Waals surface area contributed by atoms with E-state index in [1.807, 2.05) is 18.2 Å². The highest BCUT2D eigenvalue weighted by Gasteiger charge is 2.31. The normalized spacial score (nSPS) is 20.6. The number of pyridine rings is 1. The molecule has 2 aromatic rings. The Morgan fingerprint density at radius 2 is 1.96 bits per heavy atom. The van der Waals surface area contributed by atoms with Crippen molar-refractivity contribution in [2.45, 2.75) is 37.9 Å². The Kier molecular flexibility index (Phi) is 5.03. The lowest BCUT2D eigenvalue weighted by Crippen LogP contribution is -2.47. The molecule has 0 bridgehead atoms. The van der Waals surface area contributed by atoms with Crippen molar-refractivity contribution in [1.82, 2.24) is 15.2 Å². The minimum Gasteiger partial charge on any atom is -0.346 e. The molecular weight excluding hydrogens is 286 g/mol. The fourth-order valence-electron chi connectivity index (χ4n) is 3.36. The number of carbonyl (C=O) groups is 1. The standard InChI is InChI=1S/C19H23N3O/c1-22(14-15-8-3-2-4-9-15)18-12-7-11-16(18)21-19(23)17-10-5-6-13-20-17/h2-6,8-10,13,16,18H,7,11-12,14H2,1H3,(H,21,23)/t16-,18-/m1/s1. The molecule has 3 rings (SSSR count). The van der Waals surface area contributed by atoms with Gasteiger partial charge in [0.1, 0.15) is 5.69 Å². The van der Waals surface area contributed by atoms with Gasteiger partial charge in [-0.25, -0.2) is 0 Å². The van der Waals surface area contributed by atoms with Crippen LogP contribution < -0.4 is 5.32 Å². The Morgan fingerprint density at radius 1 is 1.17 bits per heavy atom. The number of rotatable bonds is 5. The molecule has 23 heavy (non-hydrogen) atoms.